The van der Waals surface area contributed by atoms with E-state index >= 15 is 0 Å². The van der Waals surface area contributed by atoms with Crippen molar-refractivity contribution in [2.24, 2.45) is 0 Å². The number of ether oxygens (including phenoxy) is 1. The van der Waals surface area contributed by atoms with Crippen molar-refractivity contribution in [2.75, 3.05) is 6.54 Å². The fourth-order valence-electron chi connectivity index (χ4n) is 1.62. The van der Waals surface area contributed by atoms with E-state index in [1.165, 1.54) is 6.92 Å². The summed E-state index contributed by atoms with van der Waals surface area (Å²) in [5.74, 6) is -0.342. The van der Waals surface area contributed by atoms with Crippen LogP contribution in [0.4, 0.5) is 13.2 Å². The van der Waals surface area contributed by atoms with Crippen molar-refractivity contribution in [1.29, 1.82) is 0 Å². The highest BCUT2D eigenvalue weighted by Gasteiger charge is 2.29. The zero-order valence-corrected chi connectivity index (χ0v) is 12.5. The molecule has 0 saturated heterocycles. The molecule has 1 amide bonds. The van der Waals surface area contributed by atoms with Crippen LogP contribution in [0.3, 0.4) is 0 Å². The third-order valence-electron chi connectivity index (χ3n) is 2.85. The number of carbonyl (C=O) groups is 1. The third kappa shape index (κ3) is 6.06. The van der Waals surface area contributed by atoms with E-state index in [2.05, 4.69) is 0 Å². The molecule has 1 rings (SSSR count). The number of hydrogen-bond acceptors (Lipinski definition) is 2. The van der Waals surface area contributed by atoms with Crippen LogP contribution in [0.1, 0.15) is 33.3 Å². The molecule has 1 aromatic carbocycles. The van der Waals surface area contributed by atoms with Gasteiger partial charge in [0, 0.05) is 0 Å². The van der Waals surface area contributed by atoms with E-state index in [-0.39, 0.29) is 5.41 Å². The van der Waals surface area contributed by atoms with E-state index in [9.17, 15) is 18.0 Å². The van der Waals surface area contributed by atoms with Crippen LogP contribution in [0.15, 0.2) is 24.3 Å². The molecule has 0 bridgehead atoms. The fourth-order valence-corrected chi connectivity index (χ4v) is 1.62. The number of nitrogens with one attached hydrogen (secondary N) is 1. The van der Waals surface area contributed by atoms with E-state index in [0.717, 1.165) is 5.56 Å². The van der Waals surface area contributed by atoms with Crippen molar-refractivity contribution in [3.05, 3.63) is 29.8 Å². The van der Waals surface area contributed by atoms with Crippen molar-refractivity contribution in [1.82, 2.24) is 5.32 Å². The van der Waals surface area contributed by atoms with Crippen LogP contribution in [0.25, 0.3) is 0 Å². The molecule has 21 heavy (non-hydrogen) atoms. The largest absolute Gasteiger partial charge is 0.481 e. The maximum Gasteiger partial charge on any atom is 0.405 e. The molecule has 0 aromatic heterocycles. The average Bonchev–Trinajstić information content (AvgIpc) is 2.34. The molecular weight excluding hydrogens is 283 g/mol. The first-order valence-electron chi connectivity index (χ1n) is 6.61. The molecule has 3 nitrogen and oxygen atoms in total. The first kappa shape index (κ1) is 17.3. The summed E-state index contributed by atoms with van der Waals surface area (Å²) in [6.45, 7) is 6.15. The molecule has 0 radical (unpaired) electrons. The predicted molar refractivity (Wildman–Crippen MR) is 74.3 cm³/mol. The maximum absolute atomic E-state index is 12.0. The highest BCUT2D eigenvalue weighted by atomic mass is 19.4. The summed E-state index contributed by atoms with van der Waals surface area (Å²) >= 11 is 0. The van der Waals surface area contributed by atoms with E-state index in [1.807, 2.05) is 26.8 Å². The van der Waals surface area contributed by atoms with Gasteiger partial charge in [0.1, 0.15) is 12.3 Å². The van der Waals surface area contributed by atoms with Crippen LogP contribution in [0, 0.1) is 0 Å². The van der Waals surface area contributed by atoms with Crippen LogP contribution in [-0.4, -0.2) is 24.7 Å². The molecule has 0 aliphatic heterocycles. The van der Waals surface area contributed by atoms with E-state index in [1.54, 1.807) is 23.5 Å². The average molecular weight is 303 g/mol. The highest BCUT2D eigenvalue weighted by molar-refractivity contribution is 5.80. The normalized spacial score (nSPS) is 13.7. The molecule has 1 unspecified atom stereocenters. The summed E-state index contributed by atoms with van der Waals surface area (Å²) < 4.78 is 41.5. The number of hydrogen-bond donors (Lipinski definition) is 1. The Morgan fingerprint density at radius 1 is 1.29 bits per heavy atom. The molecule has 118 valence electrons. The number of halogens is 3. The number of amides is 1. The zero-order valence-electron chi connectivity index (χ0n) is 12.5. The van der Waals surface area contributed by atoms with Crippen molar-refractivity contribution in [3.63, 3.8) is 0 Å². The van der Waals surface area contributed by atoms with Gasteiger partial charge >= 0.3 is 6.18 Å². The number of alkyl halides is 3. The molecule has 0 fully saturated rings. The van der Waals surface area contributed by atoms with Gasteiger partial charge in [-0.3, -0.25) is 4.79 Å². The molecule has 0 heterocycles. The van der Waals surface area contributed by atoms with Crippen LogP contribution < -0.4 is 10.1 Å². The monoisotopic (exact) mass is 303 g/mol. The van der Waals surface area contributed by atoms with Gasteiger partial charge in [-0.1, -0.05) is 32.9 Å². The van der Waals surface area contributed by atoms with Crippen LogP contribution in [0.2, 0.25) is 0 Å². The molecule has 6 heteroatoms. The van der Waals surface area contributed by atoms with Crippen molar-refractivity contribution >= 4 is 5.91 Å². The minimum absolute atomic E-state index is 0.0822. The smallest absolute Gasteiger partial charge is 0.405 e. The van der Waals surface area contributed by atoms with Gasteiger partial charge in [0.25, 0.3) is 5.91 Å². The number of rotatable bonds is 4. The predicted octanol–water partition coefficient (Wildman–Crippen LogP) is 3.43. The molecule has 1 N–H and O–H groups in total. The summed E-state index contributed by atoms with van der Waals surface area (Å²) in [6.07, 6.45) is -5.43. The fraction of sp³-hybridized carbons (Fsp3) is 0.533. The Kier molecular flexibility index (Phi) is 5.25. The van der Waals surface area contributed by atoms with Gasteiger partial charge in [-0.15, -0.1) is 0 Å². The summed E-state index contributed by atoms with van der Waals surface area (Å²) in [5.41, 5.74) is 0.934. The van der Waals surface area contributed by atoms with Crippen molar-refractivity contribution < 1.29 is 22.7 Å². The molecule has 0 aliphatic carbocycles. The first-order valence-corrected chi connectivity index (χ1v) is 6.61. The molecule has 1 atom stereocenters. The van der Waals surface area contributed by atoms with Gasteiger partial charge in [0.05, 0.1) is 0 Å². The molecular formula is C15H20F3NO2. The van der Waals surface area contributed by atoms with Crippen molar-refractivity contribution in [3.8, 4) is 5.75 Å². The van der Waals surface area contributed by atoms with E-state index < -0.39 is 24.7 Å². The lowest BCUT2D eigenvalue weighted by atomic mass is 9.87. The topological polar surface area (TPSA) is 38.3 Å². The van der Waals surface area contributed by atoms with Gasteiger partial charge < -0.3 is 10.1 Å². The standard InChI is InChI=1S/C15H20F3NO2/c1-10(13(20)19-9-15(16,17)18)21-12-7-5-6-11(8-12)14(2,3)4/h5-8,10H,9H2,1-4H3,(H,19,20). The lowest BCUT2D eigenvalue weighted by Gasteiger charge is -2.21. The van der Waals surface area contributed by atoms with Gasteiger partial charge in [-0.2, -0.15) is 13.2 Å². The van der Waals surface area contributed by atoms with Gasteiger partial charge in [-0.05, 0) is 30.0 Å². The second-order valence-corrected chi connectivity index (χ2v) is 5.87. The Balaban J connectivity index is 2.66. The SMILES string of the molecule is CC(Oc1cccc(C(C)(C)C)c1)C(=O)NCC(F)(F)F. The maximum atomic E-state index is 12.0. The van der Waals surface area contributed by atoms with Gasteiger partial charge in [0.15, 0.2) is 6.10 Å². The summed E-state index contributed by atoms with van der Waals surface area (Å²) in [6, 6.07) is 7.17. The van der Waals surface area contributed by atoms with Crippen LogP contribution >= 0.6 is 0 Å². The zero-order chi connectivity index (χ0) is 16.3. The second-order valence-electron chi connectivity index (χ2n) is 5.87. The van der Waals surface area contributed by atoms with Crippen LogP contribution in [-0.2, 0) is 10.2 Å². The third-order valence-corrected chi connectivity index (χ3v) is 2.85. The lowest BCUT2D eigenvalue weighted by Crippen LogP contribution is -2.41. The van der Waals surface area contributed by atoms with E-state index in [4.69, 9.17) is 4.74 Å². The number of carbonyl (C=O) groups excluding carboxylic acids is 1. The first-order chi connectivity index (χ1) is 9.49. The van der Waals surface area contributed by atoms with E-state index in [0.29, 0.717) is 5.75 Å². The molecule has 0 aliphatic rings. The molecule has 0 spiro atoms. The quantitative estimate of drug-likeness (QED) is 0.925. The molecule has 1 aromatic rings. The van der Waals surface area contributed by atoms with Gasteiger partial charge in [-0.25, -0.2) is 0 Å². The molecule has 0 saturated carbocycles. The Morgan fingerprint density at radius 3 is 2.43 bits per heavy atom. The minimum Gasteiger partial charge on any atom is -0.481 e. The van der Waals surface area contributed by atoms with Crippen molar-refractivity contribution in [2.45, 2.75) is 45.4 Å². The summed E-state index contributed by atoms with van der Waals surface area (Å²) in [5, 5.41) is 1.80. The Bertz CT molecular complexity index is 492. The minimum atomic E-state index is -4.43. The highest BCUT2D eigenvalue weighted by Crippen LogP contribution is 2.26. The lowest BCUT2D eigenvalue weighted by molar-refractivity contribution is -0.142. The summed E-state index contributed by atoms with van der Waals surface area (Å²) in [4.78, 5) is 11.5. The summed E-state index contributed by atoms with van der Waals surface area (Å²) in [7, 11) is 0. The number of benzene rings is 1. The van der Waals surface area contributed by atoms with Crippen LogP contribution in [0.5, 0.6) is 5.75 Å². The Hall–Kier alpha value is -1.72. The van der Waals surface area contributed by atoms with Gasteiger partial charge in [0.2, 0.25) is 0 Å². The Morgan fingerprint density at radius 2 is 1.90 bits per heavy atom. The second kappa shape index (κ2) is 6.37. The Labute approximate surface area is 122 Å².